The van der Waals surface area contributed by atoms with Crippen LogP contribution >= 0.6 is 38.5 Å². The minimum absolute atomic E-state index is 0.939. The minimum atomic E-state index is 0.939. The van der Waals surface area contributed by atoms with Gasteiger partial charge in [-0.15, -0.1) is 0 Å². The molecule has 3 heteroatoms. The highest BCUT2D eigenvalue weighted by atomic mass is 127. The molecular formula is C7H7BrIN. The Balaban J connectivity index is 2.75. The average molecular weight is 312 g/mol. The molecule has 0 aliphatic rings. The van der Waals surface area contributed by atoms with E-state index in [9.17, 15) is 0 Å². The highest BCUT2D eigenvalue weighted by molar-refractivity contribution is 14.1. The third-order valence-corrected chi connectivity index (χ3v) is 1.97. The molecule has 0 bridgehead atoms. The predicted octanol–water partition coefficient (Wildman–Crippen LogP) is 3.25. The van der Waals surface area contributed by atoms with E-state index in [2.05, 4.69) is 49.9 Å². The Morgan fingerprint density at radius 3 is 2.90 bits per heavy atom. The van der Waals surface area contributed by atoms with Crippen molar-refractivity contribution in [3.05, 3.63) is 28.7 Å². The van der Waals surface area contributed by atoms with Crippen molar-refractivity contribution >= 4 is 44.2 Å². The van der Waals surface area contributed by atoms with Crippen LogP contribution < -0.4 is 5.32 Å². The first kappa shape index (κ1) is 8.33. The lowest BCUT2D eigenvalue weighted by atomic mass is 10.3. The quantitative estimate of drug-likeness (QED) is 0.502. The molecule has 0 spiro atoms. The number of hydrogen-bond donors (Lipinski definition) is 1. The van der Waals surface area contributed by atoms with Gasteiger partial charge in [0.1, 0.15) is 0 Å². The summed E-state index contributed by atoms with van der Waals surface area (Å²) in [6, 6.07) is 8.12. The fraction of sp³-hybridized carbons (Fsp3) is 0.143. The van der Waals surface area contributed by atoms with Crippen LogP contribution in [0.5, 0.6) is 0 Å². The van der Waals surface area contributed by atoms with Crippen LogP contribution in [0.4, 0.5) is 5.69 Å². The smallest absolute Gasteiger partial charge is 0.0670 e. The van der Waals surface area contributed by atoms with Crippen molar-refractivity contribution < 1.29 is 0 Å². The van der Waals surface area contributed by atoms with E-state index in [-0.39, 0.29) is 0 Å². The number of halogens is 2. The lowest BCUT2D eigenvalue weighted by Crippen LogP contribution is -1.92. The lowest BCUT2D eigenvalue weighted by molar-refractivity contribution is 1.48. The Morgan fingerprint density at radius 1 is 1.50 bits per heavy atom. The van der Waals surface area contributed by atoms with Gasteiger partial charge in [-0.2, -0.15) is 0 Å². The van der Waals surface area contributed by atoms with E-state index >= 15 is 0 Å². The molecule has 1 N–H and O–H groups in total. The Kier molecular flexibility index (Phi) is 3.48. The summed E-state index contributed by atoms with van der Waals surface area (Å²) in [5.41, 5.74) is 1.16. The zero-order chi connectivity index (χ0) is 7.40. The third-order valence-electron chi connectivity index (χ3n) is 1.10. The van der Waals surface area contributed by atoms with Crippen LogP contribution in [-0.2, 0) is 0 Å². The average Bonchev–Trinajstić information content (AvgIpc) is 1.88. The first-order chi connectivity index (χ1) is 4.83. The number of anilines is 1. The molecule has 0 atom stereocenters. The molecule has 0 saturated heterocycles. The van der Waals surface area contributed by atoms with Crippen molar-refractivity contribution in [1.29, 1.82) is 0 Å². The lowest BCUT2D eigenvalue weighted by Gasteiger charge is -2.00. The zero-order valence-electron chi connectivity index (χ0n) is 5.27. The van der Waals surface area contributed by atoms with Crippen LogP contribution in [-0.4, -0.2) is 4.55 Å². The van der Waals surface area contributed by atoms with Crippen LogP contribution in [0.1, 0.15) is 0 Å². The standard InChI is InChI=1S/C7H7BrIN/c8-6-2-1-3-7(4-6)10-5-9/h1-4,10H,5H2. The van der Waals surface area contributed by atoms with Gasteiger partial charge in [0.2, 0.25) is 0 Å². The van der Waals surface area contributed by atoms with Crippen molar-refractivity contribution in [3.63, 3.8) is 0 Å². The van der Waals surface area contributed by atoms with Gasteiger partial charge < -0.3 is 5.32 Å². The van der Waals surface area contributed by atoms with Crippen LogP contribution in [0, 0.1) is 0 Å². The van der Waals surface area contributed by atoms with Gasteiger partial charge in [0, 0.05) is 10.2 Å². The highest BCUT2D eigenvalue weighted by Crippen LogP contribution is 2.15. The normalized spacial score (nSPS) is 9.40. The molecule has 0 radical (unpaired) electrons. The number of hydrogen-bond acceptors (Lipinski definition) is 1. The molecule has 54 valence electrons. The summed E-state index contributed by atoms with van der Waals surface area (Å²) in [6.07, 6.45) is 0. The van der Waals surface area contributed by atoms with Gasteiger partial charge in [0.25, 0.3) is 0 Å². The van der Waals surface area contributed by atoms with E-state index in [4.69, 9.17) is 0 Å². The second-order valence-corrected chi connectivity index (χ2v) is 3.50. The summed E-state index contributed by atoms with van der Waals surface area (Å²) in [6.45, 7) is 0. The Labute approximate surface area is 82.5 Å². The molecular weight excluding hydrogens is 305 g/mol. The van der Waals surface area contributed by atoms with Gasteiger partial charge in [0.15, 0.2) is 0 Å². The molecule has 0 amide bonds. The summed E-state index contributed by atoms with van der Waals surface area (Å²) in [7, 11) is 0. The zero-order valence-corrected chi connectivity index (χ0v) is 9.02. The Bertz CT molecular complexity index is 215. The summed E-state index contributed by atoms with van der Waals surface area (Å²) >= 11 is 5.67. The number of nitrogens with one attached hydrogen (secondary N) is 1. The molecule has 0 saturated carbocycles. The van der Waals surface area contributed by atoms with Crippen LogP contribution in [0.3, 0.4) is 0 Å². The monoisotopic (exact) mass is 311 g/mol. The largest absolute Gasteiger partial charge is 0.376 e. The van der Waals surface area contributed by atoms with Gasteiger partial charge in [0.05, 0.1) is 4.55 Å². The summed E-state index contributed by atoms with van der Waals surface area (Å²) < 4.78 is 2.05. The molecule has 0 aliphatic carbocycles. The van der Waals surface area contributed by atoms with Crippen molar-refractivity contribution in [2.24, 2.45) is 0 Å². The Hall–Kier alpha value is 0.230. The van der Waals surface area contributed by atoms with Gasteiger partial charge in [-0.25, -0.2) is 0 Å². The molecule has 0 fully saturated rings. The van der Waals surface area contributed by atoms with Crippen molar-refractivity contribution in [1.82, 2.24) is 0 Å². The predicted molar refractivity (Wildman–Crippen MR) is 56.7 cm³/mol. The van der Waals surface area contributed by atoms with E-state index in [1.165, 1.54) is 0 Å². The number of rotatable bonds is 2. The van der Waals surface area contributed by atoms with E-state index in [0.29, 0.717) is 0 Å². The molecule has 0 heterocycles. The Morgan fingerprint density at radius 2 is 2.30 bits per heavy atom. The second kappa shape index (κ2) is 4.18. The number of benzene rings is 1. The fourth-order valence-electron chi connectivity index (χ4n) is 0.676. The van der Waals surface area contributed by atoms with Crippen molar-refractivity contribution in [2.75, 3.05) is 9.87 Å². The molecule has 0 unspecified atom stereocenters. The van der Waals surface area contributed by atoms with Crippen LogP contribution in [0.25, 0.3) is 0 Å². The van der Waals surface area contributed by atoms with E-state index in [1.807, 2.05) is 18.2 Å². The van der Waals surface area contributed by atoms with Gasteiger partial charge in [-0.1, -0.05) is 44.6 Å². The molecule has 0 aliphatic heterocycles. The molecule has 10 heavy (non-hydrogen) atoms. The van der Waals surface area contributed by atoms with E-state index in [0.717, 1.165) is 14.7 Å². The second-order valence-electron chi connectivity index (χ2n) is 1.82. The molecule has 0 aromatic heterocycles. The maximum Gasteiger partial charge on any atom is 0.0670 e. The molecule has 1 aromatic carbocycles. The SMILES string of the molecule is Brc1cccc(NCI)c1. The first-order valence-corrected chi connectivity index (χ1v) is 5.20. The maximum absolute atomic E-state index is 3.39. The molecule has 1 aromatic rings. The number of alkyl halides is 1. The van der Waals surface area contributed by atoms with Crippen LogP contribution in [0.15, 0.2) is 28.7 Å². The maximum atomic E-state index is 3.39. The summed E-state index contributed by atoms with van der Waals surface area (Å²) in [5, 5.41) is 3.20. The minimum Gasteiger partial charge on any atom is -0.376 e. The first-order valence-electron chi connectivity index (χ1n) is 2.88. The molecule has 1 nitrogen and oxygen atoms in total. The summed E-state index contributed by atoms with van der Waals surface area (Å²) in [4.78, 5) is 0. The highest BCUT2D eigenvalue weighted by Gasteiger charge is 1.88. The van der Waals surface area contributed by atoms with Crippen molar-refractivity contribution in [2.45, 2.75) is 0 Å². The fourth-order valence-corrected chi connectivity index (χ4v) is 1.52. The van der Waals surface area contributed by atoms with Gasteiger partial charge in [-0.3, -0.25) is 0 Å². The summed E-state index contributed by atoms with van der Waals surface area (Å²) in [5.74, 6) is 0. The van der Waals surface area contributed by atoms with E-state index < -0.39 is 0 Å². The van der Waals surface area contributed by atoms with Crippen molar-refractivity contribution in [3.8, 4) is 0 Å². The molecule has 1 rings (SSSR count). The van der Waals surface area contributed by atoms with Gasteiger partial charge in [-0.05, 0) is 18.2 Å². The third kappa shape index (κ3) is 2.46. The van der Waals surface area contributed by atoms with Crippen LogP contribution in [0.2, 0.25) is 0 Å². The van der Waals surface area contributed by atoms with Gasteiger partial charge >= 0.3 is 0 Å². The topological polar surface area (TPSA) is 12.0 Å². The van der Waals surface area contributed by atoms with E-state index in [1.54, 1.807) is 0 Å².